The fourth-order valence-electron chi connectivity index (χ4n) is 1.92. The van der Waals surface area contributed by atoms with E-state index in [1.54, 1.807) is 7.05 Å². The molecule has 23 heavy (non-hydrogen) atoms. The highest BCUT2D eigenvalue weighted by molar-refractivity contribution is 14.0. The van der Waals surface area contributed by atoms with Crippen LogP contribution in [0.1, 0.15) is 25.3 Å². The zero-order chi connectivity index (χ0) is 16.2. The Bertz CT molecular complexity index is 435. The van der Waals surface area contributed by atoms with Crippen LogP contribution in [0, 0.1) is 0 Å². The van der Waals surface area contributed by atoms with E-state index in [0.29, 0.717) is 0 Å². The van der Waals surface area contributed by atoms with Gasteiger partial charge in [0.25, 0.3) is 0 Å². The van der Waals surface area contributed by atoms with Gasteiger partial charge in [-0.3, -0.25) is 4.99 Å². The highest BCUT2D eigenvalue weighted by Gasteiger charge is 1.99. The zero-order valence-corrected chi connectivity index (χ0v) is 17.1. The van der Waals surface area contributed by atoms with Crippen molar-refractivity contribution in [3.8, 4) is 5.75 Å². The summed E-state index contributed by atoms with van der Waals surface area (Å²) in [7, 11) is 5.94. The first kappa shape index (κ1) is 22.0. The van der Waals surface area contributed by atoms with Crippen molar-refractivity contribution in [3.05, 3.63) is 29.8 Å². The molecule has 1 aromatic carbocycles. The Balaban J connectivity index is 0.00000484. The van der Waals surface area contributed by atoms with E-state index in [-0.39, 0.29) is 24.0 Å². The first-order valence-corrected chi connectivity index (χ1v) is 7.96. The lowest BCUT2D eigenvalue weighted by Crippen LogP contribution is -2.37. The second-order valence-electron chi connectivity index (χ2n) is 5.50. The van der Waals surface area contributed by atoms with Gasteiger partial charge in [-0.2, -0.15) is 0 Å². The average Bonchev–Trinajstić information content (AvgIpc) is 2.53. The molecule has 5 nitrogen and oxygen atoms in total. The molecule has 0 atom stereocenters. The maximum absolute atomic E-state index is 5.73. The molecule has 0 spiro atoms. The minimum absolute atomic E-state index is 0. The standard InChI is InChI=1S/C17H30N4O.HI/c1-5-11-19-17(18-2)20-14-15-7-9-16(10-8-15)22-13-6-12-21(3)4;/h7-10H,5-6,11-14H2,1-4H3,(H2,18,19,20);1H. The molecule has 0 amide bonds. The van der Waals surface area contributed by atoms with Gasteiger partial charge in [-0.15, -0.1) is 24.0 Å². The van der Waals surface area contributed by atoms with Crippen molar-refractivity contribution in [3.63, 3.8) is 0 Å². The minimum Gasteiger partial charge on any atom is -0.494 e. The van der Waals surface area contributed by atoms with E-state index in [1.807, 2.05) is 12.1 Å². The second kappa shape index (κ2) is 13.4. The first-order chi connectivity index (χ1) is 10.7. The third kappa shape index (κ3) is 10.4. The van der Waals surface area contributed by atoms with E-state index in [2.05, 4.69) is 53.7 Å². The first-order valence-electron chi connectivity index (χ1n) is 7.96. The van der Waals surface area contributed by atoms with Gasteiger partial charge >= 0.3 is 0 Å². The van der Waals surface area contributed by atoms with Gasteiger partial charge in [0.05, 0.1) is 6.61 Å². The summed E-state index contributed by atoms with van der Waals surface area (Å²) >= 11 is 0. The fourth-order valence-corrected chi connectivity index (χ4v) is 1.92. The van der Waals surface area contributed by atoms with E-state index >= 15 is 0 Å². The molecule has 1 rings (SSSR count). The van der Waals surface area contributed by atoms with Crippen LogP contribution in [0.15, 0.2) is 29.3 Å². The van der Waals surface area contributed by atoms with Gasteiger partial charge in [-0.25, -0.2) is 0 Å². The molecule has 0 unspecified atom stereocenters. The Labute approximate surface area is 157 Å². The highest BCUT2D eigenvalue weighted by Crippen LogP contribution is 2.12. The highest BCUT2D eigenvalue weighted by atomic mass is 127. The lowest BCUT2D eigenvalue weighted by Gasteiger charge is -2.12. The van der Waals surface area contributed by atoms with Gasteiger partial charge in [-0.05, 0) is 44.6 Å². The SMILES string of the molecule is CCCNC(=NC)NCc1ccc(OCCCN(C)C)cc1.I. The maximum Gasteiger partial charge on any atom is 0.191 e. The third-order valence-electron chi connectivity index (χ3n) is 3.17. The molecule has 0 radical (unpaired) electrons. The molecule has 0 aliphatic carbocycles. The van der Waals surface area contributed by atoms with E-state index in [0.717, 1.165) is 50.8 Å². The zero-order valence-electron chi connectivity index (χ0n) is 14.8. The molecule has 2 N–H and O–H groups in total. The monoisotopic (exact) mass is 434 g/mol. The van der Waals surface area contributed by atoms with E-state index in [1.165, 1.54) is 5.56 Å². The number of aliphatic imine (C=N–C) groups is 1. The predicted molar refractivity (Wildman–Crippen MR) is 109 cm³/mol. The summed E-state index contributed by atoms with van der Waals surface area (Å²) in [4.78, 5) is 6.35. The van der Waals surface area contributed by atoms with Crippen molar-refractivity contribution in [2.24, 2.45) is 4.99 Å². The lowest BCUT2D eigenvalue weighted by atomic mass is 10.2. The van der Waals surface area contributed by atoms with Crippen LogP contribution in [0.5, 0.6) is 5.75 Å². The van der Waals surface area contributed by atoms with Gasteiger partial charge in [0.2, 0.25) is 0 Å². The van der Waals surface area contributed by atoms with Crippen molar-refractivity contribution in [1.29, 1.82) is 0 Å². The molecule has 0 aliphatic heterocycles. The summed E-state index contributed by atoms with van der Waals surface area (Å²) in [6, 6.07) is 8.21. The van der Waals surface area contributed by atoms with Crippen LogP contribution in [-0.2, 0) is 6.54 Å². The molecule has 0 fully saturated rings. The number of halogens is 1. The Morgan fingerprint density at radius 3 is 2.43 bits per heavy atom. The van der Waals surface area contributed by atoms with Gasteiger partial charge in [0, 0.05) is 26.7 Å². The molecule has 0 saturated carbocycles. The number of nitrogens with zero attached hydrogens (tertiary/aromatic N) is 2. The molecule has 6 heteroatoms. The second-order valence-corrected chi connectivity index (χ2v) is 5.50. The van der Waals surface area contributed by atoms with Crippen LogP contribution in [-0.4, -0.2) is 51.7 Å². The average molecular weight is 434 g/mol. The number of benzene rings is 1. The number of nitrogens with one attached hydrogen (secondary N) is 2. The molecule has 0 aliphatic rings. The minimum atomic E-state index is 0. The number of hydrogen-bond donors (Lipinski definition) is 2. The van der Waals surface area contributed by atoms with Gasteiger partial charge in [0.1, 0.15) is 5.75 Å². The van der Waals surface area contributed by atoms with Crippen molar-refractivity contribution in [1.82, 2.24) is 15.5 Å². The molecule has 0 bridgehead atoms. The summed E-state index contributed by atoms with van der Waals surface area (Å²) < 4.78 is 5.73. The smallest absolute Gasteiger partial charge is 0.191 e. The summed E-state index contributed by atoms with van der Waals surface area (Å²) in [6.07, 6.45) is 2.12. The Morgan fingerprint density at radius 2 is 1.87 bits per heavy atom. The molecule has 0 aromatic heterocycles. The summed E-state index contributed by atoms with van der Waals surface area (Å²) in [5, 5.41) is 6.55. The molecular formula is C17H31IN4O. The quantitative estimate of drug-likeness (QED) is 0.272. The van der Waals surface area contributed by atoms with Gasteiger partial charge in [-0.1, -0.05) is 19.1 Å². The number of rotatable bonds is 9. The summed E-state index contributed by atoms with van der Waals surface area (Å²) in [6.45, 7) is 5.62. The Morgan fingerprint density at radius 1 is 1.17 bits per heavy atom. The Kier molecular flexibility index (Phi) is 12.8. The fraction of sp³-hybridized carbons (Fsp3) is 0.588. The van der Waals surface area contributed by atoms with Gasteiger partial charge < -0.3 is 20.3 Å². The topological polar surface area (TPSA) is 48.9 Å². The summed E-state index contributed by atoms with van der Waals surface area (Å²) in [5.74, 6) is 1.77. The predicted octanol–water partition coefficient (Wildman–Crippen LogP) is 2.71. The normalized spacial score (nSPS) is 11.1. The number of guanidine groups is 1. The molecule has 0 heterocycles. The molecule has 1 aromatic rings. The van der Waals surface area contributed by atoms with E-state index < -0.39 is 0 Å². The lowest BCUT2D eigenvalue weighted by molar-refractivity contribution is 0.281. The third-order valence-corrected chi connectivity index (χ3v) is 3.17. The maximum atomic E-state index is 5.73. The number of ether oxygens (including phenoxy) is 1. The molecular weight excluding hydrogens is 403 g/mol. The van der Waals surface area contributed by atoms with E-state index in [4.69, 9.17) is 4.74 Å². The summed E-state index contributed by atoms with van der Waals surface area (Å²) in [5.41, 5.74) is 1.21. The molecule has 132 valence electrons. The van der Waals surface area contributed by atoms with Crippen molar-refractivity contribution in [2.75, 3.05) is 40.8 Å². The largest absolute Gasteiger partial charge is 0.494 e. The van der Waals surface area contributed by atoms with Crippen molar-refractivity contribution < 1.29 is 4.74 Å². The van der Waals surface area contributed by atoms with E-state index in [9.17, 15) is 0 Å². The number of hydrogen-bond acceptors (Lipinski definition) is 3. The van der Waals surface area contributed by atoms with Crippen LogP contribution < -0.4 is 15.4 Å². The van der Waals surface area contributed by atoms with Crippen LogP contribution in [0.3, 0.4) is 0 Å². The van der Waals surface area contributed by atoms with Crippen molar-refractivity contribution in [2.45, 2.75) is 26.3 Å². The molecule has 0 saturated heterocycles. The van der Waals surface area contributed by atoms with Crippen LogP contribution in [0.2, 0.25) is 0 Å². The van der Waals surface area contributed by atoms with Crippen LogP contribution in [0.4, 0.5) is 0 Å². The van der Waals surface area contributed by atoms with Gasteiger partial charge in [0.15, 0.2) is 5.96 Å². The van der Waals surface area contributed by atoms with Crippen LogP contribution in [0.25, 0.3) is 0 Å². The van der Waals surface area contributed by atoms with Crippen molar-refractivity contribution >= 4 is 29.9 Å². The van der Waals surface area contributed by atoms with Crippen LogP contribution >= 0.6 is 24.0 Å². The Hall–Kier alpha value is -1.02.